The molecule has 2 N–H and O–H groups in total. The molecule has 2 aromatic carbocycles. The van der Waals surface area contributed by atoms with E-state index in [2.05, 4.69) is 0 Å². The molecule has 110 valence electrons. The van der Waals surface area contributed by atoms with Gasteiger partial charge in [0.15, 0.2) is 0 Å². The van der Waals surface area contributed by atoms with Gasteiger partial charge in [-0.25, -0.2) is 0 Å². The van der Waals surface area contributed by atoms with E-state index in [4.69, 9.17) is 27.4 Å². The lowest BCUT2D eigenvalue weighted by Crippen LogP contribution is -2.09. The van der Waals surface area contributed by atoms with Gasteiger partial charge >= 0.3 is 0 Å². The fourth-order valence-electron chi connectivity index (χ4n) is 1.86. The Hall–Kier alpha value is -2.07. The Morgan fingerprint density at radius 1 is 1.00 bits per heavy atom. The van der Waals surface area contributed by atoms with Crippen LogP contribution in [0.15, 0.2) is 48.5 Å². The number of rotatable bonds is 7. The van der Waals surface area contributed by atoms with Gasteiger partial charge in [-0.1, -0.05) is 30.4 Å². The summed E-state index contributed by atoms with van der Waals surface area (Å²) in [6.07, 6.45) is 0.825. The van der Waals surface area contributed by atoms with Crippen LogP contribution < -0.4 is 15.2 Å². The second-order valence-corrected chi connectivity index (χ2v) is 5.14. The molecule has 2 aromatic rings. The molecule has 2 rings (SSSR count). The Bertz CT molecular complexity index is 596. The van der Waals surface area contributed by atoms with Gasteiger partial charge in [0.25, 0.3) is 0 Å². The minimum atomic E-state index is 0.396. The van der Waals surface area contributed by atoms with E-state index in [9.17, 15) is 0 Å². The van der Waals surface area contributed by atoms with Crippen LogP contribution in [0.3, 0.4) is 0 Å². The van der Waals surface area contributed by atoms with Crippen LogP contribution in [0, 0.1) is 6.92 Å². The topological polar surface area (TPSA) is 44.5 Å². The largest absolute Gasteiger partial charge is 0.493 e. The van der Waals surface area contributed by atoms with Crippen molar-refractivity contribution < 1.29 is 9.47 Å². The third-order valence-corrected chi connectivity index (χ3v) is 3.28. The van der Waals surface area contributed by atoms with Gasteiger partial charge < -0.3 is 15.2 Å². The molecule has 3 nitrogen and oxygen atoms in total. The molecule has 0 bridgehead atoms. The van der Waals surface area contributed by atoms with Crippen LogP contribution in [-0.2, 0) is 0 Å². The Morgan fingerprint density at radius 3 is 2.33 bits per heavy atom. The zero-order chi connectivity index (χ0) is 15.1. The van der Waals surface area contributed by atoms with Crippen LogP contribution in [0.2, 0.25) is 0 Å². The highest BCUT2D eigenvalue weighted by molar-refractivity contribution is 7.80. The number of thiocarbonyl (C=S) groups is 1. The zero-order valence-corrected chi connectivity index (χ0v) is 12.9. The SMILES string of the molecule is Cc1ccccc1OCCCOc1ccc(C(N)=S)cc1. The van der Waals surface area contributed by atoms with Crippen LogP contribution in [-0.4, -0.2) is 18.2 Å². The van der Waals surface area contributed by atoms with Crippen molar-refractivity contribution in [1.82, 2.24) is 0 Å². The molecule has 0 unspecified atom stereocenters. The number of nitrogens with two attached hydrogens (primary N) is 1. The number of benzene rings is 2. The molecule has 0 aliphatic rings. The van der Waals surface area contributed by atoms with Gasteiger partial charge in [-0.15, -0.1) is 0 Å². The summed E-state index contributed by atoms with van der Waals surface area (Å²) in [6, 6.07) is 15.5. The molecule has 0 aromatic heterocycles. The summed E-state index contributed by atoms with van der Waals surface area (Å²) in [5.41, 5.74) is 7.54. The minimum absolute atomic E-state index is 0.396. The van der Waals surface area contributed by atoms with Crippen molar-refractivity contribution in [3.8, 4) is 11.5 Å². The molecule has 4 heteroatoms. The monoisotopic (exact) mass is 301 g/mol. The number of para-hydroxylation sites is 1. The first-order valence-corrected chi connectivity index (χ1v) is 7.29. The highest BCUT2D eigenvalue weighted by atomic mass is 32.1. The van der Waals surface area contributed by atoms with Crippen LogP contribution in [0.5, 0.6) is 11.5 Å². The predicted molar refractivity (Wildman–Crippen MR) is 89.1 cm³/mol. The summed E-state index contributed by atoms with van der Waals surface area (Å²) in [5.74, 6) is 1.74. The Labute approximate surface area is 130 Å². The molecule has 0 saturated heterocycles. The van der Waals surface area contributed by atoms with Crippen LogP contribution in [0.4, 0.5) is 0 Å². The lowest BCUT2D eigenvalue weighted by Gasteiger charge is -2.10. The molecule has 0 saturated carbocycles. The summed E-state index contributed by atoms with van der Waals surface area (Å²) in [4.78, 5) is 0.396. The Balaban J connectivity index is 1.70. The Kier molecular flexibility index (Phi) is 5.58. The normalized spacial score (nSPS) is 10.1. The molecule has 0 spiro atoms. The average molecular weight is 301 g/mol. The van der Waals surface area contributed by atoms with E-state index in [0.717, 1.165) is 29.0 Å². The van der Waals surface area contributed by atoms with E-state index in [0.29, 0.717) is 18.2 Å². The van der Waals surface area contributed by atoms with Gasteiger partial charge in [0.1, 0.15) is 16.5 Å². The highest BCUT2D eigenvalue weighted by Crippen LogP contribution is 2.16. The average Bonchev–Trinajstić information content (AvgIpc) is 2.49. The van der Waals surface area contributed by atoms with Crippen LogP contribution in [0.1, 0.15) is 17.5 Å². The number of hydrogen-bond donors (Lipinski definition) is 1. The smallest absolute Gasteiger partial charge is 0.122 e. The zero-order valence-electron chi connectivity index (χ0n) is 12.0. The quantitative estimate of drug-likeness (QED) is 0.628. The molecule has 0 fully saturated rings. The van der Waals surface area contributed by atoms with Gasteiger partial charge in [-0.2, -0.15) is 0 Å². The van der Waals surface area contributed by atoms with Crippen molar-refractivity contribution in [2.24, 2.45) is 5.73 Å². The fraction of sp³-hybridized carbons (Fsp3) is 0.235. The minimum Gasteiger partial charge on any atom is -0.493 e. The summed E-state index contributed by atoms with van der Waals surface area (Å²) >= 11 is 4.90. The van der Waals surface area contributed by atoms with E-state index in [1.807, 2.05) is 55.5 Å². The van der Waals surface area contributed by atoms with Gasteiger partial charge in [0, 0.05) is 12.0 Å². The highest BCUT2D eigenvalue weighted by Gasteiger charge is 1.99. The van der Waals surface area contributed by atoms with E-state index in [1.165, 1.54) is 0 Å². The van der Waals surface area contributed by atoms with Crippen molar-refractivity contribution in [3.63, 3.8) is 0 Å². The molecular formula is C17H19NO2S. The first-order chi connectivity index (χ1) is 10.2. The summed E-state index contributed by atoms with van der Waals surface area (Å²) in [5, 5.41) is 0. The van der Waals surface area contributed by atoms with Crippen LogP contribution >= 0.6 is 12.2 Å². The standard InChI is InChI=1S/C17H19NO2S/c1-13-5-2-3-6-16(13)20-12-4-11-19-15-9-7-14(8-10-15)17(18)21/h2-3,5-10H,4,11-12H2,1H3,(H2,18,21). The first-order valence-electron chi connectivity index (χ1n) is 6.88. The maximum atomic E-state index is 5.71. The van der Waals surface area contributed by atoms with Crippen molar-refractivity contribution in [2.75, 3.05) is 13.2 Å². The molecule has 0 aliphatic carbocycles. The van der Waals surface area contributed by atoms with E-state index in [-0.39, 0.29) is 0 Å². The molecular weight excluding hydrogens is 282 g/mol. The summed E-state index contributed by atoms with van der Waals surface area (Å²) in [6.45, 7) is 3.28. The van der Waals surface area contributed by atoms with Crippen molar-refractivity contribution in [3.05, 3.63) is 59.7 Å². The molecule has 0 heterocycles. The number of ether oxygens (including phenoxy) is 2. The molecule has 21 heavy (non-hydrogen) atoms. The third-order valence-electron chi connectivity index (χ3n) is 3.05. The predicted octanol–water partition coefficient (Wildman–Crippen LogP) is 3.48. The third kappa shape index (κ3) is 4.76. The van der Waals surface area contributed by atoms with Crippen molar-refractivity contribution >= 4 is 17.2 Å². The van der Waals surface area contributed by atoms with Crippen LogP contribution in [0.25, 0.3) is 0 Å². The van der Waals surface area contributed by atoms with Gasteiger partial charge in [0.05, 0.1) is 13.2 Å². The van der Waals surface area contributed by atoms with Gasteiger partial charge in [0.2, 0.25) is 0 Å². The summed E-state index contributed by atoms with van der Waals surface area (Å²) in [7, 11) is 0. The number of aryl methyl sites for hydroxylation is 1. The van der Waals surface area contributed by atoms with Crippen molar-refractivity contribution in [1.29, 1.82) is 0 Å². The van der Waals surface area contributed by atoms with E-state index in [1.54, 1.807) is 0 Å². The number of hydrogen-bond acceptors (Lipinski definition) is 3. The van der Waals surface area contributed by atoms with E-state index >= 15 is 0 Å². The molecule has 0 atom stereocenters. The Morgan fingerprint density at radius 2 is 1.67 bits per heavy atom. The summed E-state index contributed by atoms with van der Waals surface area (Å²) < 4.78 is 11.4. The second kappa shape index (κ2) is 7.64. The fourth-order valence-corrected chi connectivity index (χ4v) is 2.00. The van der Waals surface area contributed by atoms with Crippen molar-refractivity contribution in [2.45, 2.75) is 13.3 Å². The van der Waals surface area contributed by atoms with Gasteiger partial charge in [-0.3, -0.25) is 0 Å². The maximum Gasteiger partial charge on any atom is 0.122 e. The van der Waals surface area contributed by atoms with E-state index < -0.39 is 0 Å². The lowest BCUT2D eigenvalue weighted by atomic mass is 10.2. The second-order valence-electron chi connectivity index (χ2n) is 4.70. The maximum absolute atomic E-state index is 5.71. The van der Waals surface area contributed by atoms with Gasteiger partial charge in [-0.05, 0) is 42.8 Å². The molecule has 0 radical (unpaired) electrons. The first kappa shape index (κ1) is 15.3. The molecule has 0 amide bonds. The molecule has 0 aliphatic heterocycles. The lowest BCUT2D eigenvalue weighted by molar-refractivity contribution is 0.246.